The first-order valence-corrected chi connectivity index (χ1v) is 6.36. The number of hydrogen-bond donors (Lipinski definition) is 1. The van der Waals surface area contributed by atoms with Crippen molar-refractivity contribution in [1.82, 2.24) is 14.5 Å². The van der Waals surface area contributed by atoms with Gasteiger partial charge in [0.05, 0.1) is 12.1 Å². The largest absolute Gasteiger partial charge is 0.449 e. The van der Waals surface area contributed by atoms with Crippen LogP contribution in [-0.2, 0) is 4.74 Å². The maximum atomic E-state index is 11.8. The van der Waals surface area contributed by atoms with Gasteiger partial charge in [-0.05, 0) is 28.4 Å². The van der Waals surface area contributed by atoms with Gasteiger partial charge < -0.3 is 9.72 Å². The molecule has 0 spiro atoms. The molecule has 0 aliphatic heterocycles. The van der Waals surface area contributed by atoms with Crippen LogP contribution < -0.4 is 5.69 Å². The number of imidazole rings is 1. The molecule has 2 aromatic rings. The Morgan fingerprint density at radius 3 is 3.11 bits per heavy atom. The molecule has 2 heterocycles. The fourth-order valence-electron chi connectivity index (χ4n) is 1.51. The summed E-state index contributed by atoms with van der Waals surface area (Å²) in [5, 5.41) is 0. The molecule has 0 aliphatic rings. The number of nitrogens with one attached hydrogen (secondary N) is 1. The van der Waals surface area contributed by atoms with Gasteiger partial charge >= 0.3 is 11.8 Å². The first-order chi connectivity index (χ1) is 8.63. The minimum absolute atomic E-state index is 0.268. The number of halogens is 1. The quantitative estimate of drug-likeness (QED) is 0.882. The van der Waals surface area contributed by atoms with Gasteiger partial charge in [-0.2, -0.15) is 4.57 Å². The Labute approximate surface area is 111 Å². The summed E-state index contributed by atoms with van der Waals surface area (Å²) in [7, 11) is 0. The molecule has 96 valence electrons. The number of unbranched alkanes of at least 4 members (excludes halogenated alkanes) is 1. The number of aromatic amines is 1. The number of hydrogen-bond acceptors (Lipinski definition) is 4. The first kappa shape index (κ1) is 12.8. The molecule has 0 saturated carbocycles. The molecule has 0 saturated heterocycles. The van der Waals surface area contributed by atoms with Crippen LogP contribution in [0.25, 0.3) is 11.2 Å². The number of carbonyl (C=O) groups is 1. The average Bonchev–Trinajstić information content (AvgIpc) is 2.64. The Morgan fingerprint density at radius 1 is 1.61 bits per heavy atom. The maximum Gasteiger partial charge on any atom is 0.424 e. The van der Waals surface area contributed by atoms with Gasteiger partial charge in [0, 0.05) is 10.7 Å². The van der Waals surface area contributed by atoms with Crippen molar-refractivity contribution in [3.8, 4) is 0 Å². The lowest BCUT2D eigenvalue weighted by Crippen LogP contribution is -2.26. The lowest BCUT2D eigenvalue weighted by Gasteiger charge is -2.03. The second-order valence-corrected chi connectivity index (χ2v) is 4.67. The molecule has 18 heavy (non-hydrogen) atoms. The van der Waals surface area contributed by atoms with Crippen LogP contribution in [0.3, 0.4) is 0 Å². The van der Waals surface area contributed by atoms with E-state index >= 15 is 0 Å². The molecule has 7 heteroatoms. The van der Waals surface area contributed by atoms with Gasteiger partial charge in [-0.25, -0.2) is 14.6 Å². The SMILES string of the molecule is CCCCOC(=O)n1c(=O)[nH]c2cc(Br)cnc21. The zero-order chi connectivity index (χ0) is 13.1. The molecule has 0 bridgehead atoms. The molecule has 2 rings (SSSR count). The highest BCUT2D eigenvalue weighted by atomic mass is 79.9. The van der Waals surface area contributed by atoms with E-state index in [2.05, 4.69) is 25.9 Å². The Balaban J connectivity index is 2.35. The van der Waals surface area contributed by atoms with E-state index in [1.54, 1.807) is 6.07 Å². The van der Waals surface area contributed by atoms with Crippen LogP contribution in [0.4, 0.5) is 4.79 Å². The van der Waals surface area contributed by atoms with E-state index < -0.39 is 11.8 Å². The zero-order valence-corrected chi connectivity index (χ0v) is 11.4. The number of fused-ring (bicyclic) bond motifs is 1. The second kappa shape index (κ2) is 5.34. The van der Waals surface area contributed by atoms with E-state index in [9.17, 15) is 9.59 Å². The van der Waals surface area contributed by atoms with Crippen molar-refractivity contribution in [2.45, 2.75) is 19.8 Å². The molecule has 0 aliphatic carbocycles. The topological polar surface area (TPSA) is 77.0 Å². The van der Waals surface area contributed by atoms with Crippen LogP contribution in [0.15, 0.2) is 21.5 Å². The highest BCUT2D eigenvalue weighted by Gasteiger charge is 2.16. The zero-order valence-electron chi connectivity index (χ0n) is 9.77. The minimum atomic E-state index is -0.700. The number of ether oxygens (including phenoxy) is 1. The summed E-state index contributed by atoms with van der Waals surface area (Å²) in [5.41, 5.74) is 0.212. The monoisotopic (exact) mass is 313 g/mol. The number of rotatable bonds is 3. The van der Waals surface area contributed by atoms with Gasteiger partial charge in [0.1, 0.15) is 0 Å². The van der Waals surface area contributed by atoms with Crippen LogP contribution in [0.2, 0.25) is 0 Å². The summed E-state index contributed by atoms with van der Waals surface area (Å²) in [4.78, 5) is 30.0. The van der Waals surface area contributed by atoms with Gasteiger partial charge in [0.2, 0.25) is 0 Å². The maximum absolute atomic E-state index is 11.8. The molecular weight excluding hydrogens is 302 g/mol. The second-order valence-electron chi connectivity index (χ2n) is 3.76. The van der Waals surface area contributed by atoms with Gasteiger partial charge in [-0.15, -0.1) is 0 Å². The highest BCUT2D eigenvalue weighted by molar-refractivity contribution is 9.10. The summed E-state index contributed by atoms with van der Waals surface area (Å²) in [6.45, 7) is 2.29. The third-order valence-electron chi connectivity index (χ3n) is 2.40. The van der Waals surface area contributed by atoms with E-state index in [4.69, 9.17) is 4.74 Å². The number of aromatic nitrogens is 3. The molecule has 0 fully saturated rings. The van der Waals surface area contributed by atoms with E-state index in [-0.39, 0.29) is 5.65 Å². The first-order valence-electron chi connectivity index (χ1n) is 5.57. The molecule has 0 amide bonds. The van der Waals surface area contributed by atoms with E-state index in [1.807, 2.05) is 6.92 Å². The van der Waals surface area contributed by atoms with Gasteiger partial charge in [0.15, 0.2) is 5.65 Å². The van der Waals surface area contributed by atoms with Crippen molar-refractivity contribution in [1.29, 1.82) is 0 Å². The Kier molecular flexibility index (Phi) is 3.81. The van der Waals surface area contributed by atoms with Crippen molar-refractivity contribution in [2.24, 2.45) is 0 Å². The van der Waals surface area contributed by atoms with Crippen molar-refractivity contribution in [3.63, 3.8) is 0 Å². The molecule has 2 aromatic heterocycles. The number of pyridine rings is 1. The molecule has 6 nitrogen and oxygen atoms in total. The summed E-state index contributed by atoms with van der Waals surface area (Å²) in [5.74, 6) is 0. The summed E-state index contributed by atoms with van der Waals surface area (Å²) in [6, 6.07) is 1.68. The average molecular weight is 314 g/mol. The third-order valence-corrected chi connectivity index (χ3v) is 2.83. The molecule has 1 N–H and O–H groups in total. The van der Waals surface area contributed by atoms with E-state index in [0.29, 0.717) is 12.1 Å². The van der Waals surface area contributed by atoms with Crippen LogP contribution in [-0.4, -0.2) is 27.2 Å². The van der Waals surface area contributed by atoms with E-state index in [1.165, 1.54) is 6.20 Å². The van der Waals surface area contributed by atoms with Crippen molar-refractivity contribution >= 4 is 33.2 Å². The van der Waals surface area contributed by atoms with Crippen molar-refractivity contribution < 1.29 is 9.53 Å². The molecule has 0 atom stereocenters. The Hall–Kier alpha value is -1.63. The predicted molar refractivity (Wildman–Crippen MR) is 69.7 cm³/mol. The van der Waals surface area contributed by atoms with Crippen LogP contribution in [0, 0.1) is 0 Å². The van der Waals surface area contributed by atoms with Crippen LogP contribution in [0.5, 0.6) is 0 Å². The van der Waals surface area contributed by atoms with Gasteiger partial charge in [-0.1, -0.05) is 13.3 Å². The normalized spacial score (nSPS) is 10.8. The summed E-state index contributed by atoms with van der Waals surface area (Å²) in [6.07, 6.45) is 2.50. The minimum Gasteiger partial charge on any atom is -0.449 e. The van der Waals surface area contributed by atoms with E-state index in [0.717, 1.165) is 21.9 Å². The molecule has 0 aromatic carbocycles. The van der Waals surface area contributed by atoms with Crippen LogP contribution in [0.1, 0.15) is 19.8 Å². The number of H-pyrrole nitrogens is 1. The molecule has 0 unspecified atom stereocenters. The Bertz CT molecular complexity index is 632. The molecule has 0 radical (unpaired) electrons. The van der Waals surface area contributed by atoms with Gasteiger partial charge in [0.25, 0.3) is 0 Å². The lowest BCUT2D eigenvalue weighted by molar-refractivity contribution is 0.146. The predicted octanol–water partition coefficient (Wildman–Crippen LogP) is 2.27. The number of nitrogens with zero attached hydrogens (tertiary/aromatic N) is 2. The highest BCUT2D eigenvalue weighted by Crippen LogP contribution is 2.14. The number of carbonyl (C=O) groups excluding carboxylic acids is 1. The third kappa shape index (κ3) is 2.45. The summed E-state index contributed by atoms with van der Waals surface area (Å²) < 4.78 is 6.62. The fourth-order valence-corrected chi connectivity index (χ4v) is 1.84. The standard InChI is InChI=1S/C11H12BrN3O3/c1-2-3-4-18-11(17)15-9-8(14-10(15)16)5-7(12)6-13-9/h5-6H,2-4H2,1H3,(H,14,16). The molecular formula is C11H12BrN3O3. The Morgan fingerprint density at radius 2 is 2.39 bits per heavy atom. The van der Waals surface area contributed by atoms with Gasteiger partial charge in [-0.3, -0.25) is 0 Å². The summed E-state index contributed by atoms with van der Waals surface area (Å²) >= 11 is 3.24. The van der Waals surface area contributed by atoms with Crippen molar-refractivity contribution in [3.05, 3.63) is 27.2 Å². The lowest BCUT2D eigenvalue weighted by atomic mass is 10.4. The van der Waals surface area contributed by atoms with Crippen molar-refractivity contribution in [2.75, 3.05) is 6.61 Å². The van der Waals surface area contributed by atoms with Crippen LogP contribution >= 0.6 is 15.9 Å². The fraction of sp³-hybridized carbons (Fsp3) is 0.364. The smallest absolute Gasteiger partial charge is 0.424 e.